The third kappa shape index (κ3) is 4.69. The van der Waals surface area contributed by atoms with Crippen molar-refractivity contribution in [1.82, 2.24) is 4.98 Å². The first-order chi connectivity index (χ1) is 14.5. The molecule has 0 spiro atoms. The van der Waals surface area contributed by atoms with E-state index >= 15 is 0 Å². The smallest absolute Gasteiger partial charge is 0.280 e. The number of hydrogen-bond acceptors (Lipinski definition) is 9. The Kier molecular flexibility index (Phi) is 6.14. The van der Waals surface area contributed by atoms with Gasteiger partial charge in [-0.15, -0.1) is 0 Å². The van der Waals surface area contributed by atoms with Gasteiger partial charge in [-0.25, -0.2) is 13.4 Å². The molecular weight excluding hydrogens is 430 g/mol. The summed E-state index contributed by atoms with van der Waals surface area (Å²) in [6.45, 7) is 0.790. The molecule has 30 heavy (non-hydrogen) atoms. The fraction of sp³-hybridized carbons (Fsp3) is 0.421. The van der Waals surface area contributed by atoms with Crippen molar-refractivity contribution in [2.24, 2.45) is 5.16 Å². The van der Waals surface area contributed by atoms with E-state index < -0.39 is 15.7 Å². The van der Waals surface area contributed by atoms with Crippen molar-refractivity contribution in [1.29, 1.82) is 0 Å². The molecule has 1 saturated heterocycles. The maximum atomic E-state index is 12.8. The van der Waals surface area contributed by atoms with Crippen molar-refractivity contribution in [2.75, 3.05) is 18.5 Å². The number of thiazole rings is 1. The Labute approximate surface area is 177 Å². The summed E-state index contributed by atoms with van der Waals surface area (Å²) >= 11 is 1.14. The number of benzene rings is 1. The van der Waals surface area contributed by atoms with Gasteiger partial charge in [0.25, 0.3) is 5.91 Å². The minimum atomic E-state index is -3.32. The van der Waals surface area contributed by atoms with Crippen molar-refractivity contribution in [3.05, 3.63) is 40.9 Å². The van der Waals surface area contributed by atoms with E-state index in [2.05, 4.69) is 15.5 Å². The van der Waals surface area contributed by atoms with Gasteiger partial charge in [-0.3, -0.25) is 10.1 Å². The fourth-order valence-electron chi connectivity index (χ4n) is 2.92. The highest BCUT2D eigenvalue weighted by Crippen LogP contribution is 2.33. The predicted octanol–water partition coefficient (Wildman–Crippen LogP) is 1.72. The van der Waals surface area contributed by atoms with Gasteiger partial charge in [-0.2, -0.15) is 0 Å². The molecule has 9 nitrogen and oxygen atoms in total. The van der Waals surface area contributed by atoms with Crippen LogP contribution in [0.1, 0.15) is 29.7 Å². The van der Waals surface area contributed by atoms with Crippen LogP contribution in [0, 0.1) is 0 Å². The lowest BCUT2D eigenvalue weighted by atomic mass is 10.1. The standard InChI is InChI=1S/C19H21N3O6S2/c23-10-14-9-20-19(29-14)21-18(24)17(22-28-13-7-8-27-11-13)12-1-3-15(4-2-12)30(25,26)16-5-6-16/h1-4,9,13,16,23H,5-8,10-11H2,(H,20,21,24)/b22-17+/t13-/m1/s1. The monoisotopic (exact) mass is 451 g/mol. The summed E-state index contributed by atoms with van der Waals surface area (Å²) in [4.78, 5) is 23.2. The maximum absolute atomic E-state index is 12.8. The molecule has 1 aliphatic carbocycles. The van der Waals surface area contributed by atoms with Crippen LogP contribution in [0.4, 0.5) is 5.13 Å². The topological polar surface area (TPSA) is 127 Å². The number of oxime groups is 1. The molecule has 0 radical (unpaired) electrons. The molecule has 1 atom stereocenters. The summed E-state index contributed by atoms with van der Waals surface area (Å²) in [6.07, 6.45) is 3.26. The zero-order chi connectivity index (χ0) is 21.1. The number of hydrogen-bond donors (Lipinski definition) is 2. The minimum Gasteiger partial charge on any atom is -0.391 e. The van der Waals surface area contributed by atoms with Gasteiger partial charge in [-0.05, 0) is 25.0 Å². The molecule has 2 heterocycles. The lowest BCUT2D eigenvalue weighted by Crippen LogP contribution is -2.25. The van der Waals surface area contributed by atoms with Crippen molar-refractivity contribution in [2.45, 2.75) is 42.1 Å². The maximum Gasteiger partial charge on any atom is 0.280 e. The Morgan fingerprint density at radius 3 is 2.67 bits per heavy atom. The van der Waals surface area contributed by atoms with Crippen molar-refractivity contribution in [3.8, 4) is 0 Å². The molecule has 1 amide bonds. The SMILES string of the molecule is O=C(Nc1ncc(CO)s1)/C(=N/O[C@@H]1CCOC1)c1ccc(S(=O)(=O)C2CC2)cc1. The lowest BCUT2D eigenvalue weighted by molar-refractivity contribution is -0.110. The number of rotatable bonds is 8. The summed E-state index contributed by atoms with van der Waals surface area (Å²) in [5, 5.41) is 15.9. The number of nitrogens with zero attached hydrogens (tertiary/aromatic N) is 2. The molecule has 1 aliphatic heterocycles. The normalized spacial score (nSPS) is 19.6. The van der Waals surface area contributed by atoms with Gasteiger partial charge >= 0.3 is 0 Å². The summed E-state index contributed by atoms with van der Waals surface area (Å²) in [5.74, 6) is -0.550. The Hall–Kier alpha value is -2.34. The lowest BCUT2D eigenvalue weighted by Gasteiger charge is -2.10. The van der Waals surface area contributed by atoms with Gasteiger partial charge in [0.05, 0.1) is 34.8 Å². The molecule has 160 valence electrons. The van der Waals surface area contributed by atoms with Gasteiger partial charge in [0, 0.05) is 18.2 Å². The van der Waals surface area contributed by atoms with Crippen LogP contribution in [-0.2, 0) is 30.8 Å². The van der Waals surface area contributed by atoms with Crippen LogP contribution in [0.2, 0.25) is 0 Å². The number of sulfone groups is 1. The molecule has 1 saturated carbocycles. The van der Waals surface area contributed by atoms with E-state index in [0.717, 1.165) is 11.3 Å². The van der Waals surface area contributed by atoms with E-state index in [-0.39, 0.29) is 28.6 Å². The number of carbonyl (C=O) groups is 1. The molecule has 1 aromatic heterocycles. The van der Waals surface area contributed by atoms with Crippen molar-refractivity contribution >= 4 is 37.9 Å². The van der Waals surface area contributed by atoms with Crippen LogP contribution >= 0.6 is 11.3 Å². The van der Waals surface area contributed by atoms with Crippen molar-refractivity contribution in [3.63, 3.8) is 0 Å². The molecule has 2 aliphatic rings. The van der Waals surface area contributed by atoms with Crippen LogP contribution in [0.5, 0.6) is 0 Å². The van der Waals surface area contributed by atoms with Gasteiger partial charge in [0.1, 0.15) is 0 Å². The number of nitrogens with one attached hydrogen (secondary N) is 1. The Morgan fingerprint density at radius 2 is 2.07 bits per heavy atom. The van der Waals surface area contributed by atoms with Gasteiger partial charge < -0.3 is 14.7 Å². The molecular formula is C19H21N3O6S2. The van der Waals surface area contributed by atoms with E-state index in [1.165, 1.54) is 18.3 Å². The summed E-state index contributed by atoms with van der Waals surface area (Å²) < 4.78 is 30.1. The minimum absolute atomic E-state index is 0.00183. The zero-order valence-corrected chi connectivity index (χ0v) is 17.6. The van der Waals surface area contributed by atoms with Crippen molar-refractivity contribution < 1.29 is 27.9 Å². The molecule has 0 unspecified atom stereocenters. The second-order valence-corrected chi connectivity index (χ2v) is 10.4. The average Bonchev–Trinajstić information content (AvgIpc) is 3.31. The van der Waals surface area contributed by atoms with Gasteiger partial charge in [-0.1, -0.05) is 28.6 Å². The molecule has 2 aromatic rings. The highest BCUT2D eigenvalue weighted by Gasteiger charge is 2.36. The molecule has 4 rings (SSSR count). The van der Waals surface area contributed by atoms with Gasteiger partial charge in [0.2, 0.25) is 0 Å². The first-order valence-electron chi connectivity index (χ1n) is 9.50. The van der Waals surface area contributed by atoms with E-state index in [0.29, 0.717) is 48.0 Å². The fourth-order valence-corrected chi connectivity index (χ4v) is 5.24. The average molecular weight is 452 g/mol. The quantitative estimate of drug-likeness (QED) is 0.462. The first kappa shape index (κ1) is 20.9. The highest BCUT2D eigenvalue weighted by molar-refractivity contribution is 7.92. The summed E-state index contributed by atoms with van der Waals surface area (Å²) in [7, 11) is -3.32. The number of carbonyl (C=O) groups excluding carboxylic acids is 1. The number of aliphatic hydroxyl groups excluding tert-OH is 1. The van der Waals surface area contributed by atoms with Crippen LogP contribution < -0.4 is 5.32 Å². The Bertz CT molecular complexity index is 1040. The Morgan fingerprint density at radius 1 is 1.30 bits per heavy atom. The molecule has 2 fully saturated rings. The van der Waals surface area contributed by atoms with E-state index in [1.807, 2.05) is 0 Å². The van der Waals surface area contributed by atoms with E-state index in [4.69, 9.17) is 14.7 Å². The number of anilines is 1. The predicted molar refractivity (Wildman–Crippen MR) is 110 cm³/mol. The third-order valence-electron chi connectivity index (χ3n) is 4.75. The van der Waals surface area contributed by atoms with E-state index in [1.54, 1.807) is 12.1 Å². The summed E-state index contributed by atoms with van der Waals surface area (Å²) in [6, 6.07) is 6.06. The largest absolute Gasteiger partial charge is 0.391 e. The number of ether oxygens (including phenoxy) is 1. The first-order valence-corrected chi connectivity index (χ1v) is 11.9. The van der Waals surface area contributed by atoms with Crippen LogP contribution in [0.25, 0.3) is 0 Å². The summed E-state index contributed by atoms with van der Waals surface area (Å²) in [5.41, 5.74) is 0.415. The molecule has 1 aromatic carbocycles. The van der Waals surface area contributed by atoms with Crippen LogP contribution in [0.15, 0.2) is 40.5 Å². The number of aliphatic hydroxyl groups is 1. The highest BCUT2D eigenvalue weighted by atomic mass is 32.2. The molecule has 0 bridgehead atoms. The Balaban J connectivity index is 1.57. The number of amides is 1. The van der Waals surface area contributed by atoms with Gasteiger partial charge in [0.15, 0.2) is 26.8 Å². The van der Waals surface area contributed by atoms with E-state index in [9.17, 15) is 13.2 Å². The molecule has 11 heteroatoms. The second kappa shape index (κ2) is 8.80. The zero-order valence-electron chi connectivity index (χ0n) is 16.0. The van der Waals surface area contributed by atoms with Crippen LogP contribution in [0.3, 0.4) is 0 Å². The third-order valence-corrected chi connectivity index (χ3v) is 7.92. The molecule has 2 N–H and O–H groups in total. The second-order valence-electron chi connectivity index (χ2n) is 7.04. The number of aromatic nitrogens is 1. The van der Waals surface area contributed by atoms with Crippen LogP contribution in [-0.4, -0.2) is 54.7 Å².